The molecule has 1 N–H and O–H groups in total. The first kappa shape index (κ1) is 23.4. The Kier molecular flexibility index (Phi) is 6.61. The van der Waals surface area contributed by atoms with Gasteiger partial charge in [0.2, 0.25) is 0 Å². The molecule has 3 aromatic carbocycles. The average Bonchev–Trinajstić information content (AvgIpc) is 2.86. The van der Waals surface area contributed by atoms with Crippen molar-refractivity contribution in [3.63, 3.8) is 0 Å². The molecule has 2 atom stereocenters. The second kappa shape index (κ2) is 9.61. The number of ether oxygens (including phenoxy) is 3. The summed E-state index contributed by atoms with van der Waals surface area (Å²) in [7, 11) is 3.20. The minimum atomic E-state index is -1.19. The highest BCUT2D eigenvalue weighted by Gasteiger charge is 2.50. The summed E-state index contributed by atoms with van der Waals surface area (Å²) in [6.07, 6.45) is 0.273. The van der Waals surface area contributed by atoms with Crippen LogP contribution in [0, 0.1) is 6.92 Å². The van der Waals surface area contributed by atoms with Crippen LogP contribution in [0.4, 0.5) is 4.79 Å². The summed E-state index contributed by atoms with van der Waals surface area (Å²) in [5.74, 6) is 1.34. The second-order valence-corrected chi connectivity index (χ2v) is 8.28. The molecule has 0 aliphatic carbocycles. The van der Waals surface area contributed by atoms with Crippen LogP contribution in [0.1, 0.15) is 27.8 Å². The van der Waals surface area contributed by atoms with Crippen LogP contribution in [-0.4, -0.2) is 36.5 Å². The zero-order valence-corrected chi connectivity index (χ0v) is 19.7. The number of benzene rings is 3. The van der Waals surface area contributed by atoms with Gasteiger partial charge >= 0.3 is 6.09 Å². The highest BCUT2D eigenvalue weighted by molar-refractivity contribution is 5.72. The van der Waals surface area contributed by atoms with Crippen LogP contribution in [0.2, 0.25) is 0 Å². The van der Waals surface area contributed by atoms with Crippen molar-refractivity contribution in [2.45, 2.75) is 31.7 Å². The van der Waals surface area contributed by atoms with Gasteiger partial charge in [-0.15, -0.1) is 6.58 Å². The number of hydrogen-bond acceptors (Lipinski definition) is 4. The predicted molar refractivity (Wildman–Crippen MR) is 130 cm³/mol. The molecule has 0 spiro atoms. The Morgan fingerprint density at radius 1 is 1.06 bits per heavy atom. The molecule has 6 heteroatoms. The molecule has 2 unspecified atom stereocenters. The third kappa shape index (κ3) is 4.01. The molecule has 0 aromatic heterocycles. The number of nitrogens with zero attached hydrogens (tertiary/aromatic N) is 1. The topological polar surface area (TPSA) is 68.2 Å². The van der Waals surface area contributed by atoms with Crippen LogP contribution in [-0.2, 0) is 23.3 Å². The molecule has 0 radical (unpaired) electrons. The van der Waals surface area contributed by atoms with Crippen molar-refractivity contribution < 1.29 is 24.1 Å². The Bertz CT molecular complexity index is 1190. The van der Waals surface area contributed by atoms with E-state index in [2.05, 4.69) is 6.58 Å². The van der Waals surface area contributed by atoms with E-state index in [1.54, 1.807) is 20.3 Å². The molecule has 176 valence electrons. The summed E-state index contributed by atoms with van der Waals surface area (Å²) < 4.78 is 17.2. The number of carboxylic acid groups (broad SMARTS) is 1. The molecule has 34 heavy (non-hydrogen) atoms. The van der Waals surface area contributed by atoms with Crippen LogP contribution >= 0.6 is 0 Å². The summed E-state index contributed by atoms with van der Waals surface area (Å²) in [5, 5.41) is 10.5. The van der Waals surface area contributed by atoms with E-state index in [9.17, 15) is 9.90 Å². The van der Waals surface area contributed by atoms with E-state index < -0.39 is 17.9 Å². The fourth-order valence-electron chi connectivity index (χ4n) is 4.81. The lowest BCUT2D eigenvalue weighted by Gasteiger charge is -2.49. The summed E-state index contributed by atoms with van der Waals surface area (Å²) in [4.78, 5) is 14.2. The fraction of sp³-hybridized carbons (Fsp3) is 0.250. The normalized spacial score (nSPS) is 19.3. The lowest BCUT2D eigenvalue weighted by molar-refractivity contribution is -0.0894. The van der Waals surface area contributed by atoms with Crippen LogP contribution in [0.15, 0.2) is 79.4 Å². The molecular weight excluding hydrogens is 430 g/mol. The van der Waals surface area contributed by atoms with Crippen molar-refractivity contribution in [2.24, 2.45) is 0 Å². The Morgan fingerprint density at radius 2 is 1.74 bits per heavy atom. The minimum Gasteiger partial charge on any atom is -0.497 e. The van der Waals surface area contributed by atoms with Gasteiger partial charge in [0.15, 0.2) is 0 Å². The van der Waals surface area contributed by atoms with E-state index in [0.717, 1.165) is 27.8 Å². The van der Waals surface area contributed by atoms with Gasteiger partial charge in [0, 0.05) is 6.42 Å². The molecule has 1 aliphatic rings. The van der Waals surface area contributed by atoms with Crippen molar-refractivity contribution in [1.29, 1.82) is 0 Å². The molecule has 4 rings (SSSR count). The van der Waals surface area contributed by atoms with Crippen molar-refractivity contribution in [2.75, 3.05) is 14.2 Å². The lowest BCUT2D eigenvalue weighted by atomic mass is 9.73. The Morgan fingerprint density at radius 3 is 2.35 bits per heavy atom. The molecule has 1 aliphatic heterocycles. The number of fused-ring (bicyclic) bond motifs is 1. The summed E-state index contributed by atoms with van der Waals surface area (Å²) >= 11 is 0. The van der Waals surface area contributed by atoms with Gasteiger partial charge in [-0.2, -0.15) is 0 Å². The van der Waals surface area contributed by atoms with Gasteiger partial charge in [-0.1, -0.05) is 48.5 Å². The SMILES string of the molecule is C=CC1(c2ccc(OC)cc2C)c2cc(OC)ccc2CC(OCc2ccccc2)N1C(=O)O. The quantitative estimate of drug-likeness (QED) is 0.471. The van der Waals surface area contributed by atoms with Crippen molar-refractivity contribution in [1.82, 2.24) is 4.90 Å². The van der Waals surface area contributed by atoms with Crippen molar-refractivity contribution in [3.8, 4) is 11.5 Å². The second-order valence-electron chi connectivity index (χ2n) is 8.28. The minimum absolute atomic E-state index is 0.287. The summed E-state index contributed by atoms with van der Waals surface area (Å²) in [6, 6.07) is 21.1. The molecule has 1 heterocycles. The fourth-order valence-corrected chi connectivity index (χ4v) is 4.81. The Balaban J connectivity index is 1.91. The standard InChI is InChI=1S/C28H29NO5/c1-5-28(24-14-13-22(32-3)15-19(24)2)25-17-23(33-4)12-11-21(25)16-26(29(28)27(30)31)34-18-20-9-7-6-8-10-20/h5-15,17,26H,1,16,18H2,2-4H3,(H,30,31). The predicted octanol–water partition coefficient (Wildman–Crippen LogP) is 5.52. The largest absolute Gasteiger partial charge is 0.497 e. The molecule has 6 nitrogen and oxygen atoms in total. The zero-order chi connectivity index (χ0) is 24.3. The molecule has 0 bridgehead atoms. The maximum absolute atomic E-state index is 12.9. The Labute approximate surface area is 200 Å². The van der Waals surface area contributed by atoms with Gasteiger partial charge in [0.05, 0.1) is 20.8 Å². The van der Waals surface area contributed by atoms with Gasteiger partial charge in [-0.3, -0.25) is 4.90 Å². The van der Waals surface area contributed by atoms with E-state index in [1.807, 2.05) is 73.7 Å². The first-order valence-electron chi connectivity index (χ1n) is 11.1. The lowest BCUT2D eigenvalue weighted by Crippen LogP contribution is -2.58. The number of hydrogen-bond donors (Lipinski definition) is 1. The molecule has 0 fully saturated rings. The third-order valence-electron chi connectivity index (χ3n) is 6.42. The maximum Gasteiger partial charge on any atom is 0.410 e. The van der Waals surface area contributed by atoms with Gasteiger partial charge in [-0.25, -0.2) is 4.79 Å². The van der Waals surface area contributed by atoms with Crippen molar-refractivity contribution >= 4 is 6.09 Å². The summed E-state index contributed by atoms with van der Waals surface area (Å²) in [6.45, 7) is 6.35. The maximum atomic E-state index is 12.9. The molecular formula is C28H29NO5. The molecule has 0 saturated carbocycles. The van der Waals surface area contributed by atoms with Crippen LogP contribution in [0.3, 0.4) is 0 Å². The number of aryl methyl sites for hydroxylation is 1. The van der Waals surface area contributed by atoms with Gasteiger partial charge in [-0.05, 0) is 59.0 Å². The molecule has 0 saturated heterocycles. The first-order valence-corrected chi connectivity index (χ1v) is 11.1. The zero-order valence-electron chi connectivity index (χ0n) is 19.7. The van der Waals surface area contributed by atoms with Crippen LogP contribution in [0.5, 0.6) is 11.5 Å². The van der Waals surface area contributed by atoms with Crippen LogP contribution < -0.4 is 9.47 Å². The highest BCUT2D eigenvalue weighted by Crippen LogP contribution is 2.47. The molecule has 3 aromatic rings. The monoisotopic (exact) mass is 459 g/mol. The number of methoxy groups -OCH3 is 2. The number of carbonyl (C=O) groups is 1. The van der Waals surface area contributed by atoms with Crippen molar-refractivity contribution in [3.05, 3.63) is 107 Å². The third-order valence-corrected chi connectivity index (χ3v) is 6.42. The number of amides is 1. The van der Waals surface area contributed by atoms with E-state index >= 15 is 0 Å². The van der Waals surface area contributed by atoms with Gasteiger partial charge in [0.1, 0.15) is 23.3 Å². The number of rotatable bonds is 7. The van der Waals surface area contributed by atoms with Gasteiger partial charge in [0.25, 0.3) is 0 Å². The Hall–Kier alpha value is -3.77. The average molecular weight is 460 g/mol. The molecule has 1 amide bonds. The van der Waals surface area contributed by atoms with E-state index in [-0.39, 0.29) is 6.61 Å². The van der Waals surface area contributed by atoms with Crippen LogP contribution in [0.25, 0.3) is 0 Å². The van der Waals surface area contributed by atoms with E-state index in [4.69, 9.17) is 14.2 Å². The van der Waals surface area contributed by atoms with E-state index in [1.165, 1.54) is 4.90 Å². The first-order chi connectivity index (χ1) is 16.4. The van der Waals surface area contributed by atoms with E-state index in [0.29, 0.717) is 17.9 Å². The summed E-state index contributed by atoms with van der Waals surface area (Å²) in [5.41, 5.74) is 3.23. The smallest absolute Gasteiger partial charge is 0.410 e. The van der Waals surface area contributed by atoms with Gasteiger partial charge < -0.3 is 19.3 Å². The highest BCUT2D eigenvalue weighted by atomic mass is 16.5.